The number of fused-ring (bicyclic) bond motifs is 2. The summed E-state index contributed by atoms with van der Waals surface area (Å²) in [6.07, 6.45) is 1.17. The van der Waals surface area contributed by atoms with Gasteiger partial charge in [-0.15, -0.1) is 5.10 Å². The van der Waals surface area contributed by atoms with Crippen LogP contribution < -0.4 is 4.74 Å². The lowest BCUT2D eigenvalue weighted by atomic mass is 9.88. The summed E-state index contributed by atoms with van der Waals surface area (Å²) in [6.45, 7) is 2.63. The van der Waals surface area contributed by atoms with Gasteiger partial charge in [0, 0.05) is 17.6 Å². The summed E-state index contributed by atoms with van der Waals surface area (Å²) in [5, 5.41) is 16.0. The van der Waals surface area contributed by atoms with E-state index in [1.165, 1.54) is 11.5 Å². The van der Waals surface area contributed by atoms with Gasteiger partial charge in [0.15, 0.2) is 0 Å². The van der Waals surface area contributed by atoms with Crippen LogP contribution in [-0.4, -0.2) is 36.0 Å². The Labute approximate surface area is 214 Å². The molecule has 0 spiro atoms. The minimum absolute atomic E-state index is 0.285. The lowest BCUT2D eigenvalue weighted by molar-refractivity contribution is -0.185. The van der Waals surface area contributed by atoms with Crippen molar-refractivity contribution in [2.24, 2.45) is 0 Å². The number of hydrogen-bond acceptors (Lipinski definition) is 10. The Kier molecular flexibility index (Phi) is 5.71. The molecule has 0 fully saturated rings. The van der Waals surface area contributed by atoms with Gasteiger partial charge in [0.05, 0.1) is 28.6 Å². The molecule has 0 saturated carbocycles. The van der Waals surface area contributed by atoms with E-state index in [1.807, 2.05) is 37.3 Å². The van der Waals surface area contributed by atoms with E-state index in [1.54, 1.807) is 30.3 Å². The van der Waals surface area contributed by atoms with Gasteiger partial charge < -0.3 is 14.6 Å². The quantitative estimate of drug-likeness (QED) is 0.305. The number of nitrogens with zero attached hydrogens (tertiary/aromatic N) is 4. The molecule has 1 N–H and O–H groups in total. The van der Waals surface area contributed by atoms with Crippen molar-refractivity contribution in [2.45, 2.75) is 25.6 Å². The maximum atomic E-state index is 13.3. The van der Waals surface area contributed by atoms with Gasteiger partial charge in [0.2, 0.25) is 0 Å². The number of carbonyl (C=O) groups excluding carboxylic acids is 1. The first kappa shape index (κ1) is 22.7. The van der Waals surface area contributed by atoms with Gasteiger partial charge in [-0.2, -0.15) is 8.75 Å². The molecule has 0 amide bonds. The molecule has 6 rings (SSSR count). The van der Waals surface area contributed by atoms with E-state index in [4.69, 9.17) is 9.47 Å². The number of hydrogen-bond donors (Lipinski definition) is 1. The molecule has 1 aliphatic rings. The van der Waals surface area contributed by atoms with Crippen LogP contribution in [0.25, 0.3) is 26.8 Å². The first-order valence-corrected chi connectivity index (χ1v) is 12.9. The molecule has 36 heavy (non-hydrogen) atoms. The Morgan fingerprint density at radius 1 is 1.00 bits per heavy atom. The SMILES string of the molecule is CCCOc1ccc(C2(O)OC(=O)C(c3ccc4nsnc4c3)=C2Cc2ccc3nnsc3c2)cc1. The van der Waals surface area contributed by atoms with Crippen LogP contribution in [0.5, 0.6) is 5.75 Å². The molecule has 0 radical (unpaired) electrons. The van der Waals surface area contributed by atoms with Gasteiger partial charge in [-0.05, 0) is 77.6 Å². The Morgan fingerprint density at radius 3 is 2.64 bits per heavy atom. The minimum Gasteiger partial charge on any atom is -0.494 e. The molecule has 1 atom stereocenters. The van der Waals surface area contributed by atoms with E-state index in [2.05, 4.69) is 18.3 Å². The molecule has 3 heterocycles. The normalized spacial score (nSPS) is 17.8. The maximum absolute atomic E-state index is 13.3. The third-order valence-electron chi connectivity index (χ3n) is 6.11. The van der Waals surface area contributed by atoms with Gasteiger partial charge in [0.1, 0.15) is 22.3 Å². The van der Waals surface area contributed by atoms with Gasteiger partial charge in [-0.25, -0.2) is 4.79 Å². The largest absolute Gasteiger partial charge is 0.494 e. The van der Waals surface area contributed by atoms with Crippen LogP contribution in [0.2, 0.25) is 0 Å². The number of aromatic nitrogens is 4. The van der Waals surface area contributed by atoms with Gasteiger partial charge in [-0.1, -0.05) is 23.5 Å². The second-order valence-electron chi connectivity index (χ2n) is 8.48. The number of carbonyl (C=O) groups is 1. The van der Waals surface area contributed by atoms with Crippen LogP contribution >= 0.6 is 23.3 Å². The topological polar surface area (TPSA) is 107 Å². The van der Waals surface area contributed by atoms with Crippen molar-refractivity contribution in [3.63, 3.8) is 0 Å². The number of cyclic esters (lactones) is 1. The Hall–Kier alpha value is -3.73. The van der Waals surface area contributed by atoms with Crippen molar-refractivity contribution >= 4 is 56.1 Å². The van der Waals surface area contributed by atoms with Gasteiger partial charge in [-0.3, -0.25) is 0 Å². The van der Waals surface area contributed by atoms with E-state index in [0.717, 1.165) is 39.4 Å². The molecule has 2 aromatic heterocycles. The lowest BCUT2D eigenvalue weighted by Crippen LogP contribution is -2.29. The lowest BCUT2D eigenvalue weighted by Gasteiger charge is -2.26. The third-order valence-corrected chi connectivity index (χ3v) is 7.35. The average Bonchev–Trinajstić information content (AvgIpc) is 3.61. The van der Waals surface area contributed by atoms with Crippen molar-refractivity contribution in [1.29, 1.82) is 0 Å². The summed E-state index contributed by atoms with van der Waals surface area (Å²) >= 11 is 2.41. The van der Waals surface area contributed by atoms with E-state index < -0.39 is 11.8 Å². The number of benzene rings is 3. The van der Waals surface area contributed by atoms with E-state index in [-0.39, 0.29) is 6.42 Å². The molecule has 0 aliphatic carbocycles. The highest BCUT2D eigenvalue weighted by Gasteiger charge is 2.48. The number of aliphatic hydroxyl groups is 1. The van der Waals surface area contributed by atoms with Gasteiger partial charge >= 0.3 is 5.97 Å². The number of esters is 1. The molecular formula is C26H20N4O4S2. The molecule has 1 unspecified atom stereocenters. The first-order chi connectivity index (χ1) is 17.5. The monoisotopic (exact) mass is 516 g/mol. The molecule has 10 heteroatoms. The smallest absolute Gasteiger partial charge is 0.342 e. The van der Waals surface area contributed by atoms with Crippen LogP contribution in [0, 0.1) is 0 Å². The van der Waals surface area contributed by atoms with Crippen molar-refractivity contribution in [3.05, 3.63) is 82.9 Å². The van der Waals surface area contributed by atoms with Crippen LogP contribution in [0.1, 0.15) is 30.0 Å². The molecule has 1 aliphatic heterocycles. The maximum Gasteiger partial charge on any atom is 0.342 e. The second-order valence-corrected chi connectivity index (χ2v) is 9.79. The zero-order valence-electron chi connectivity index (χ0n) is 19.2. The Bertz CT molecular complexity index is 1630. The summed E-state index contributed by atoms with van der Waals surface area (Å²) < 4.78 is 24.9. The first-order valence-electron chi connectivity index (χ1n) is 11.4. The molecule has 3 aromatic carbocycles. The average molecular weight is 517 g/mol. The summed E-state index contributed by atoms with van der Waals surface area (Å²) in [5.74, 6) is -1.85. The fourth-order valence-corrected chi connectivity index (χ4v) is 5.48. The predicted octanol–water partition coefficient (Wildman–Crippen LogP) is 4.88. The van der Waals surface area contributed by atoms with Crippen LogP contribution in [0.3, 0.4) is 0 Å². The fraction of sp³-hybridized carbons (Fsp3) is 0.192. The molecule has 0 saturated heterocycles. The van der Waals surface area contributed by atoms with E-state index in [9.17, 15) is 9.90 Å². The highest BCUT2D eigenvalue weighted by Crippen LogP contribution is 2.45. The Balaban J connectivity index is 1.48. The summed E-state index contributed by atoms with van der Waals surface area (Å²) in [4.78, 5) is 13.3. The molecule has 180 valence electrons. The van der Waals surface area contributed by atoms with Crippen LogP contribution in [-0.2, 0) is 21.7 Å². The van der Waals surface area contributed by atoms with Crippen molar-refractivity contribution in [2.75, 3.05) is 6.61 Å². The fourth-order valence-electron chi connectivity index (χ4n) is 4.34. The second kappa shape index (κ2) is 9.05. The highest BCUT2D eigenvalue weighted by molar-refractivity contribution is 7.12. The third kappa shape index (κ3) is 3.93. The van der Waals surface area contributed by atoms with Crippen molar-refractivity contribution in [3.8, 4) is 5.75 Å². The standard InChI is InChI=1S/C26H20N4O4S2/c1-2-11-33-18-7-5-17(6-8-18)26(32)19(12-15-3-9-21-23(13-15)35-30-27-21)24(25(31)34-26)16-4-10-20-22(14-16)29-36-28-20/h3-10,13-14,32H,2,11-12H2,1H3. The van der Waals surface area contributed by atoms with Crippen molar-refractivity contribution < 1.29 is 19.4 Å². The van der Waals surface area contributed by atoms with Gasteiger partial charge in [0.25, 0.3) is 5.79 Å². The number of ether oxygens (including phenoxy) is 2. The van der Waals surface area contributed by atoms with Crippen LogP contribution in [0.4, 0.5) is 0 Å². The minimum atomic E-state index is -1.94. The zero-order chi connectivity index (χ0) is 24.7. The molecule has 0 bridgehead atoms. The summed E-state index contributed by atoms with van der Waals surface area (Å²) in [5.41, 5.74) is 4.97. The molecular weight excluding hydrogens is 496 g/mol. The molecule has 5 aromatic rings. The van der Waals surface area contributed by atoms with Crippen LogP contribution in [0.15, 0.2) is 66.2 Å². The van der Waals surface area contributed by atoms with E-state index in [0.29, 0.717) is 40.1 Å². The summed E-state index contributed by atoms with van der Waals surface area (Å²) in [6, 6.07) is 18.2. The summed E-state index contributed by atoms with van der Waals surface area (Å²) in [7, 11) is 0. The number of rotatable bonds is 7. The van der Waals surface area contributed by atoms with Crippen molar-refractivity contribution in [1.82, 2.24) is 18.3 Å². The Morgan fingerprint density at radius 2 is 1.81 bits per heavy atom. The highest BCUT2D eigenvalue weighted by atomic mass is 32.1. The predicted molar refractivity (Wildman–Crippen MR) is 138 cm³/mol. The van der Waals surface area contributed by atoms with E-state index >= 15 is 0 Å². The zero-order valence-corrected chi connectivity index (χ0v) is 20.8. The molecule has 8 nitrogen and oxygen atoms in total.